The fraction of sp³-hybridized carbons (Fsp3) is 0.286. The lowest BCUT2D eigenvalue weighted by atomic mass is 10.1. The first-order chi connectivity index (χ1) is 14.0. The van der Waals surface area contributed by atoms with Gasteiger partial charge in [-0.15, -0.1) is 0 Å². The summed E-state index contributed by atoms with van der Waals surface area (Å²) in [6, 6.07) is 16.2. The zero-order valence-electron chi connectivity index (χ0n) is 15.5. The Kier molecular flexibility index (Phi) is 6.56. The summed E-state index contributed by atoms with van der Waals surface area (Å²) in [5.74, 6) is -2.17. The number of carbonyl (C=O) groups is 3. The fourth-order valence-electron chi connectivity index (χ4n) is 2.80. The van der Waals surface area contributed by atoms with Crippen LogP contribution in [0, 0.1) is 0 Å². The van der Waals surface area contributed by atoms with Gasteiger partial charge in [0, 0.05) is 6.92 Å². The predicted molar refractivity (Wildman–Crippen MR) is 97.7 cm³/mol. The second kappa shape index (κ2) is 9.29. The predicted octanol–water partition coefficient (Wildman–Crippen LogP) is 2.70. The van der Waals surface area contributed by atoms with Crippen LogP contribution in [0.5, 0.6) is 0 Å². The van der Waals surface area contributed by atoms with E-state index in [1.54, 1.807) is 48.5 Å². The molecule has 3 rings (SSSR count). The molecule has 1 fully saturated rings. The summed E-state index contributed by atoms with van der Waals surface area (Å²) in [5, 5.41) is 0. The lowest BCUT2D eigenvalue weighted by Gasteiger charge is -2.19. The van der Waals surface area contributed by atoms with Gasteiger partial charge in [-0.3, -0.25) is 4.79 Å². The summed E-state index contributed by atoms with van der Waals surface area (Å²) in [4.78, 5) is 35.6. The van der Waals surface area contributed by atoms with E-state index < -0.39 is 49.2 Å². The van der Waals surface area contributed by atoms with Crippen molar-refractivity contribution in [2.24, 2.45) is 0 Å². The lowest BCUT2D eigenvalue weighted by Crippen LogP contribution is -2.37. The highest BCUT2D eigenvalue weighted by Crippen LogP contribution is 2.29. The number of halogens is 1. The van der Waals surface area contributed by atoms with Crippen molar-refractivity contribution in [3.05, 3.63) is 71.8 Å². The minimum Gasteiger partial charge on any atom is -0.459 e. The first kappa shape index (κ1) is 20.5. The zero-order valence-corrected chi connectivity index (χ0v) is 15.5. The Morgan fingerprint density at radius 3 is 2.00 bits per heavy atom. The van der Waals surface area contributed by atoms with Crippen molar-refractivity contribution in [2.45, 2.75) is 31.6 Å². The Labute approximate surface area is 166 Å². The van der Waals surface area contributed by atoms with E-state index in [4.69, 9.17) is 18.9 Å². The maximum absolute atomic E-state index is 14.8. The van der Waals surface area contributed by atoms with Gasteiger partial charge in [-0.05, 0) is 24.3 Å². The molecule has 152 valence electrons. The van der Waals surface area contributed by atoms with Gasteiger partial charge < -0.3 is 18.9 Å². The molecule has 0 aliphatic carbocycles. The highest BCUT2D eigenvalue weighted by atomic mass is 19.1. The molecule has 0 aromatic heterocycles. The molecule has 29 heavy (non-hydrogen) atoms. The van der Waals surface area contributed by atoms with Crippen molar-refractivity contribution in [2.75, 3.05) is 6.61 Å². The molecule has 1 aliphatic rings. The first-order valence-corrected chi connectivity index (χ1v) is 8.90. The summed E-state index contributed by atoms with van der Waals surface area (Å²) in [6.45, 7) is 0.711. The molecule has 8 heteroatoms. The summed E-state index contributed by atoms with van der Waals surface area (Å²) in [6.07, 6.45) is -6.07. The van der Waals surface area contributed by atoms with Crippen molar-refractivity contribution in [1.82, 2.24) is 0 Å². The number of rotatable bonds is 6. The molecule has 0 N–H and O–H groups in total. The SMILES string of the molecule is CC(=O)OC1O[C@@H](COC(=O)c2ccccc2)[C@@H](OC(=O)c2ccccc2)[C@@H]1F. The quantitative estimate of drug-likeness (QED) is 0.542. The summed E-state index contributed by atoms with van der Waals surface area (Å²) >= 11 is 0. The largest absolute Gasteiger partial charge is 0.459 e. The average Bonchev–Trinajstić information content (AvgIpc) is 3.01. The van der Waals surface area contributed by atoms with Crippen LogP contribution in [0.3, 0.4) is 0 Å². The third-order valence-electron chi connectivity index (χ3n) is 4.17. The van der Waals surface area contributed by atoms with E-state index in [1.165, 1.54) is 12.1 Å². The van der Waals surface area contributed by atoms with Crippen LogP contribution in [0.4, 0.5) is 4.39 Å². The van der Waals surface area contributed by atoms with E-state index in [0.717, 1.165) is 6.92 Å². The monoisotopic (exact) mass is 402 g/mol. The Morgan fingerprint density at radius 2 is 1.45 bits per heavy atom. The highest BCUT2D eigenvalue weighted by molar-refractivity contribution is 5.90. The van der Waals surface area contributed by atoms with E-state index in [0.29, 0.717) is 5.56 Å². The highest BCUT2D eigenvalue weighted by Gasteiger charge is 2.50. The van der Waals surface area contributed by atoms with Crippen LogP contribution in [0.1, 0.15) is 27.6 Å². The van der Waals surface area contributed by atoms with Crippen LogP contribution in [-0.4, -0.2) is 49.2 Å². The van der Waals surface area contributed by atoms with Gasteiger partial charge >= 0.3 is 17.9 Å². The Morgan fingerprint density at radius 1 is 0.897 bits per heavy atom. The first-order valence-electron chi connectivity index (χ1n) is 8.90. The molecule has 0 amide bonds. The molecule has 0 radical (unpaired) electrons. The topological polar surface area (TPSA) is 88.1 Å². The summed E-state index contributed by atoms with van der Waals surface area (Å²) in [5.41, 5.74) is 0.521. The van der Waals surface area contributed by atoms with Crippen molar-refractivity contribution in [3.8, 4) is 0 Å². The molecule has 2 aromatic rings. The Balaban J connectivity index is 1.70. The fourth-order valence-corrected chi connectivity index (χ4v) is 2.80. The van der Waals surface area contributed by atoms with Crippen LogP contribution >= 0.6 is 0 Å². The molecule has 1 heterocycles. The molecule has 0 spiro atoms. The van der Waals surface area contributed by atoms with E-state index in [1.807, 2.05) is 0 Å². The van der Waals surface area contributed by atoms with Crippen LogP contribution in [0.15, 0.2) is 60.7 Å². The number of esters is 3. The molecular weight excluding hydrogens is 383 g/mol. The molecule has 1 saturated heterocycles. The van der Waals surface area contributed by atoms with Crippen LogP contribution in [0.25, 0.3) is 0 Å². The second-order valence-electron chi connectivity index (χ2n) is 6.30. The third-order valence-corrected chi connectivity index (χ3v) is 4.17. The number of ether oxygens (including phenoxy) is 4. The van der Waals surface area contributed by atoms with Crippen LogP contribution in [-0.2, 0) is 23.7 Å². The smallest absolute Gasteiger partial charge is 0.338 e. The second-order valence-corrected chi connectivity index (χ2v) is 6.30. The zero-order chi connectivity index (χ0) is 20.8. The lowest BCUT2D eigenvalue weighted by molar-refractivity contribution is -0.182. The van der Waals surface area contributed by atoms with Gasteiger partial charge in [0.25, 0.3) is 0 Å². The number of hydrogen-bond donors (Lipinski definition) is 0. The molecule has 7 nitrogen and oxygen atoms in total. The van der Waals surface area contributed by atoms with Gasteiger partial charge in [0.1, 0.15) is 12.7 Å². The molecule has 1 unspecified atom stereocenters. The van der Waals surface area contributed by atoms with Crippen molar-refractivity contribution in [3.63, 3.8) is 0 Å². The maximum atomic E-state index is 14.8. The number of alkyl halides is 1. The average molecular weight is 402 g/mol. The van der Waals surface area contributed by atoms with Gasteiger partial charge in [0.05, 0.1) is 11.1 Å². The normalized spacial score (nSPS) is 23.2. The van der Waals surface area contributed by atoms with Crippen LogP contribution in [0.2, 0.25) is 0 Å². The van der Waals surface area contributed by atoms with Gasteiger partial charge in [-0.2, -0.15) is 0 Å². The van der Waals surface area contributed by atoms with E-state index in [-0.39, 0.29) is 5.56 Å². The Hall–Kier alpha value is -3.26. The minimum absolute atomic E-state index is 0.218. The molecule has 4 atom stereocenters. The molecule has 2 aromatic carbocycles. The summed E-state index contributed by atoms with van der Waals surface area (Å²) < 4.78 is 35.3. The molecule has 1 aliphatic heterocycles. The van der Waals surface area contributed by atoms with Crippen LogP contribution < -0.4 is 0 Å². The number of hydrogen-bond acceptors (Lipinski definition) is 7. The van der Waals surface area contributed by atoms with Gasteiger partial charge in [0.2, 0.25) is 12.5 Å². The van der Waals surface area contributed by atoms with E-state index >= 15 is 0 Å². The summed E-state index contributed by atoms with van der Waals surface area (Å²) in [7, 11) is 0. The van der Waals surface area contributed by atoms with Crippen molar-refractivity contribution >= 4 is 17.9 Å². The number of carbonyl (C=O) groups excluding carboxylic acids is 3. The molecular formula is C21H19FO7. The van der Waals surface area contributed by atoms with Crippen molar-refractivity contribution in [1.29, 1.82) is 0 Å². The van der Waals surface area contributed by atoms with Gasteiger partial charge in [-0.1, -0.05) is 36.4 Å². The maximum Gasteiger partial charge on any atom is 0.338 e. The minimum atomic E-state index is -1.94. The van der Waals surface area contributed by atoms with Gasteiger partial charge in [0.15, 0.2) is 6.10 Å². The molecule has 0 bridgehead atoms. The third kappa shape index (κ3) is 5.17. The standard InChI is InChI=1S/C21H19FO7/c1-13(23)27-21-17(22)18(29-20(25)15-10-6-3-7-11-15)16(28-21)12-26-19(24)14-8-4-2-5-9-14/h2-11,16-18,21H,12H2,1H3/t16-,17-,18+,21?/m0/s1. The van der Waals surface area contributed by atoms with Gasteiger partial charge in [-0.25, -0.2) is 14.0 Å². The number of benzene rings is 2. The molecule has 0 saturated carbocycles. The Bertz CT molecular complexity index is 856. The van der Waals surface area contributed by atoms with Crippen molar-refractivity contribution < 1.29 is 37.7 Å². The van der Waals surface area contributed by atoms with E-state index in [9.17, 15) is 18.8 Å². The van der Waals surface area contributed by atoms with E-state index in [2.05, 4.69) is 0 Å².